The Balaban J connectivity index is 0.000000704. The van der Waals surface area contributed by atoms with Crippen molar-refractivity contribution in [3.05, 3.63) is 28.8 Å². The Bertz CT molecular complexity index is 574. The van der Waals surface area contributed by atoms with Crippen LogP contribution in [0.2, 0.25) is 0 Å². The summed E-state index contributed by atoms with van der Waals surface area (Å²) in [6, 6.07) is 5.02. The molecule has 0 radical (unpaired) electrons. The molecule has 1 aliphatic heterocycles. The minimum atomic E-state index is -2.79. The van der Waals surface area contributed by atoms with Crippen LogP contribution in [0.25, 0.3) is 10.2 Å². The van der Waals surface area contributed by atoms with Gasteiger partial charge in [0, 0.05) is 19.6 Å². The fraction of sp³-hybridized carbons (Fsp3) is 0.500. The number of thiazole rings is 1. The molecule has 1 aromatic heterocycles. The van der Waals surface area contributed by atoms with E-state index in [4.69, 9.17) is 5.11 Å². The molecule has 0 amide bonds. The number of hydrogen-bond acceptors (Lipinski definition) is 4. The van der Waals surface area contributed by atoms with E-state index < -0.39 is 5.92 Å². The Kier molecular flexibility index (Phi) is 4.67. The zero-order chi connectivity index (χ0) is 14.8. The average Bonchev–Trinajstić information content (AvgIpc) is 3.08. The van der Waals surface area contributed by atoms with E-state index in [1.807, 2.05) is 0 Å². The highest BCUT2D eigenvalue weighted by molar-refractivity contribution is 7.18. The van der Waals surface area contributed by atoms with Gasteiger partial charge in [0.05, 0.1) is 16.3 Å². The third-order valence-electron chi connectivity index (χ3n) is 3.27. The van der Waals surface area contributed by atoms with Gasteiger partial charge in [0.1, 0.15) is 5.01 Å². The van der Waals surface area contributed by atoms with Crippen LogP contribution in [-0.2, 0) is 5.92 Å². The van der Waals surface area contributed by atoms with Crippen LogP contribution in [0.3, 0.4) is 0 Å². The van der Waals surface area contributed by atoms with Crippen molar-refractivity contribution in [1.29, 1.82) is 0 Å². The van der Waals surface area contributed by atoms with Gasteiger partial charge in [-0.1, -0.05) is 6.07 Å². The minimum Gasteiger partial charge on any atom is -0.400 e. The Morgan fingerprint density at radius 2 is 2.15 bits per heavy atom. The summed E-state index contributed by atoms with van der Waals surface area (Å²) in [5, 5.41) is 11.4. The molecule has 0 saturated carbocycles. The SMILES string of the molecule is CC(F)(F)c1ccc2nc(C3CCCN3)sc2c1.CO. The standard InChI is InChI=1S/C13H14F2N2S.CH4O/c1-13(14,15)8-4-5-9-11(7-8)18-12(17-9)10-3-2-6-16-10;1-2/h4-5,7,10,16H,2-3,6H2,1H3;2H,1H3. The molecule has 2 N–H and O–H groups in total. The van der Waals surface area contributed by atoms with Crippen LogP contribution >= 0.6 is 11.3 Å². The predicted octanol–water partition coefficient (Wildman–Crippen LogP) is 3.44. The van der Waals surface area contributed by atoms with Crippen LogP contribution in [0.4, 0.5) is 8.78 Å². The van der Waals surface area contributed by atoms with E-state index in [0.717, 1.165) is 48.6 Å². The molecule has 20 heavy (non-hydrogen) atoms. The highest BCUT2D eigenvalue weighted by Gasteiger charge is 2.25. The molecule has 0 bridgehead atoms. The molecule has 2 heterocycles. The summed E-state index contributed by atoms with van der Waals surface area (Å²) in [6.07, 6.45) is 2.23. The molecule has 0 spiro atoms. The molecule has 1 unspecified atom stereocenters. The van der Waals surface area contributed by atoms with Crippen molar-refractivity contribution < 1.29 is 13.9 Å². The van der Waals surface area contributed by atoms with Gasteiger partial charge >= 0.3 is 0 Å². The van der Waals surface area contributed by atoms with Crippen LogP contribution in [-0.4, -0.2) is 23.7 Å². The second kappa shape index (κ2) is 6.11. The number of nitrogens with zero attached hydrogens (tertiary/aromatic N) is 1. The number of alkyl halides is 2. The molecule has 3 nitrogen and oxygen atoms in total. The summed E-state index contributed by atoms with van der Waals surface area (Å²) in [4.78, 5) is 4.53. The van der Waals surface area contributed by atoms with Crippen molar-refractivity contribution in [1.82, 2.24) is 10.3 Å². The smallest absolute Gasteiger partial charge is 0.270 e. The number of benzene rings is 1. The molecule has 1 aliphatic rings. The van der Waals surface area contributed by atoms with Gasteiger partial charge in [-0.3, -0.25) is 0 Å². The van der Waals surface area contributed by atoms with Gasteiger partial charge in [-0.15, -0.1) is 11.3 Å². The normalized spacial score (nSPS) is 18.9. The number of aromatic nitrogens is 1. The summed E-state index contributed by atoms with van der Waals surface area (Å²) in [6.45, 7) is 1.94. The lowest BCUT2D eigenvalue weighted by molar-refractivity contribution is 0.0176. The van der Waals surface area contributed by atoms with Crippen molar-refractivity contribution in [3.63, 3.8) is 0 Å². The highest BCUT2D eigenvalue weighted by Crippen LogP contribution is 2.34. The molecule has 1 aromatic carbocycles. The number of nitrogens with one attached hydrogen (secondary N) is 1. The summed E-state index contributed by atoms with van der Waals surface area (Å²) in [5.74, 6) is -2.79. The maximum atomic E-state index is 13.3. The molecule has 0 aliphatic carbocycles. The number of aliphatic hydroxyl groups is 1. The first kappa shape index (κ1) is 15.3. The summed E-state index contributed by atoms with van der Waals surface area (Å²) < 4.78 is 27.4. The maximum Gasteiger partial charge on any atom is 0.270 e. The van der Waals surface area contributed by atoms with Crippen molar-refractivity contribution in [2.24, 2.45) is 0 Å². The summed E-state index contributed by atoms with van der Waals surface area (Å²) in [7, 11) is 1.00. The maximum absolute atomic E-state index is 13.3. The molecule has 1 fully saturated rings. The first-order valence-electron chi connectivity index (χ1n) is 6.51. The highest BCUT2D eigenvalue weighted by atomic mass is 32.1. The summed E-state index contributed by atoms with van der Waals surface area (Å²) in [5.41, 5.74) is 0.876. The van der Waals surface area contributed by atoms with E-state index in [1.165, 1.54) is 17.4 Å². The third-order valence-corrected chi connectivity index (χ3v) is 4.40. The molecule has 1 atom stereocenters. The predicted molar refractivity (Wildman–Crippen MR) is 77.3 cm³/mol. The topological polar surface area (TPSA) is 45.2 Å². The fourth-order valence-electron chi connectivity index (χ4n) is 2.26. The Hall–Kier alpha value is -1.11. The monoisotopic (exact) mass is 300 g/mol. The van der Waals surface area contributed by atoms with Gasteiger partial charge in [0.25, 0.3) is 5.92 Å². The number of aliphatic hydroxyl groups excluding tert-OH is 1. The van der Waals surface area contributed by atoms with Gasteiger partial charge in [-0.2, -0.15) is 0 Å². The number of rotatable bonds is 2. The van der Waals surface area contributed by atoms with E-state index in [9.17, 15) is 8.78 Å². The molecule has 3 rings (SSSR count). The van der Waals surface area contributed by atoms with Crippen molar-refractivity contribution in [2.45, 2.75) is 31.7 Å². The van der Waals surface area contributed by atoms with Gasteiger partial charge in [0.15, 0.2) is 0 Å². The lowest BCUT2D eigenvalue weighted by Gasteiger charge is -2.09. The van der Waals surface area contributed by atoms with Crippen molar-refractivity contribution in [3.8, 4) is 0 Å². The minimum absolute atomic E-state index is 0.0598. The van der Waals surface area contributed by atoms with E-state index in [0.29, 0.717) is 6.04 Å². The molecule has 6 heteroatoms. The molecule has 110 valence electrons. The quantitative estimate of drug-likeness (QED) is 0.893. The zero-order valence-corrected chi connectivity index (χ0v) is 12.3. The van der Waals surface area contributed by atoms with Crippen molar-refractivity contribution in [2.75, 3.05) is 13.7 Å². The van der Waals surface area contributed by atoms with Crippen LogP contribution in [0, 0.1) is 0 Å². The van der Waals surface area contributed by atoms with Crippen molar-refractivity contribution >= 4 is 21.6 Å². The second-order valence-corrected chi connectivity index (χ2v) is 5.83. The zero-order valence-electron chi connectivity index (χ0n) is 11.5. The lowest BCUT2D eigenvalue weighted by Crippen LogP contribution is -2.12. The lowest BCUT2D eigenvalue weighted by atomic mass is 10.1. The Morgan fingerprint density at radius 3 is 2.75 bits per heavy atom. The van der Waals surface area contributed by atoms with E-state index in [1.54, 1.807) is 12.1 Å². The third kappa shape index (κ3) is 3.13. The van der Waals surface area contributed by atoms with E-state index in [-0.39, 0.29) is 5.56 Å². The van der Waals surface area contributed by atoms with E-state index in [2.05, 4.69) is 10.3 Å². The van der Waals surface area contributed by atoms with Gasteiger partial charge in [0.2, 0.25) is 0 Å². The molecular formula is C14H18F2N2OS. The van der Waals surface area contributed by atoms with Crippen LogP contribution in [0.1, 0.15) is 36.4 Å². The first-order valence-corrected chi connectivity index (χ1v) is 7.32. The van der Waals surface area contributed by atoms with E-state index >= 15 is 0 Å². The van der Waals surface area contributed by atoms with Gasteiger partial charge in [-0.05, 0) is 31.5 Å². The largest absolute Gasteiger partial charge is 0.400 e. The van der Waals surface area contributed by atoms with Crippen LogP contribution in [0.5, 0.6) is 0 Å². The van der Waals surface area contributed by atoms with Gasteiger partial charge < -0.3 is 10.4 Å². The molecule has 2 aromatic rings. The number of fused-ring (bicyclic) bond motifs is 1. The van der Waals surface area contributed by atoms with Crippen LogP contribution in [0.15, 0.2) is 18.2 Å². The van der Waals surface area contributed by atoms with Crippen LogP contribution < -0.4 is 5.32 Å². The molecule has 1 saturated heterocycles. The average molecular weight is 300 g/mol. The number of halogens is 2. The second-order valence-electron chi connectivity index (χ2n) is 4.77. The fourth-order valence-corrected chi connectivity index (χ4v) is 3.38. The number of hydrogen-bond donors (Lipinski definition) is 2. The van der Waals surface area contributed by atoms with Gasteiger partial charge in [-0.25, -0.2) is 13.8 Å². The summed E-state index contributed by atoms with van der Waals surface area (Å²) >= 11 is 1.52. The first-order chi connectivity index (χ1) is 9.54. The Morgan fingerprint density at radius 1 is 1.40 bits per heavy atom. The Labute approximate surface area is 120 Å². The molecular weight excluding hydrogens is 282 g/mol.